The summed E-state index contributed by atoms with van der Waals surface area (Å²) in [5.74, 6) is 0.732. The largest absolute Gasteiger partial charge is 0.373 e. The third-order valence-corrected chi connectivity index (χ3v) is 4.37. The molecule has 1 saturated heterocycles. The summed E-state index contributed by atoms with van der Waals surface area (Å²) < 4.78 is 0. The number of nitrogens with zero attached hydrogens (tertiary/aromatic N) is 1. The Morgan fingerprint density at radius 3 is 3.10 bits per heavy atom. The van der Waals surface area contributed by atoms with Crippen molar-refractivity contribution in [1.82, 2.24) is 10.2 Å². The molecular weight excluding hydrogens is 250 g/mol. The molecular formula is C16H23N3O. The number of hydrogen-bond donors (Lipinski definition) is 2. The van der Waals surface area contributed by atoms with Crippen molar-refractivity contribution in [3.63, 3.8) is 0 Å². The van der Waals surface area contributed by atoms with Crippen LogP contribution in [0, 0.1) is 5.92 Å². The first-order valence-electron chi connectivity index (χ1n) is 7.53. The molecule has 3 rings (SSSR count). The van der Waals surface area contributed by atoms with Crippen molar-refractivity contribution in [2.45, 2.75) is 25.3 Å². The Hall–Kier alpha value is -1.55. The summed E-state index contributed by atoms with van der Waals surface area (Å²) in [7, 11) is 2.16. The van der Waals surface area contributed by atoms with Crippen molar-refractivity contribution >= 4 is 11.6 Å². The maximum Gasteiger partial charge on any atom is 0.242 e. The number of likely N-dealkylation sites (tertiary alicyclic amines) is 1. The average molecular weight is 273 g/mol. The molecule has 0 radical (unpaired) electrons. The number of rotatable bonds is 3. The molecule has 1 fully saturated rings. The third kappa shape index (κ3) is 2.96. The van der Waals surface area contributed by atoms with Gasteiger partial charge in [0.25, 0.3) is 0 Å². The fourth-order valence-electron chi connectivity index (χ4n) is 3.26. The van der Waals surface area contributed by atoms with Crippen LogP contribution in [0.1, 0.15) is 18.4 Å². The molecule has 1 aromatic rings. The van der Waals surface area contributed by atoms with E-state index in [1.165, 1.54) is 24.9 Å². The van der Waals surface area contributed by atoms with Crippen molar-refractivity contribution in [3.8, 4) is 0 Å². The number of fused-ring (bicyclic) bond motifs is 1. The number of anilines is 1. The first-order valence-corrected chi connectivity index (χ1v) is 7.53. The molecule has 1 unspecified atom stereocenters. The predicted octanol–water partition coefficient (Wildman–Crippen LogP) is 1.48. The van der Waals surface area contributed by atoms with Gasteiger partial charge in [0, 0.05) is 25.2 Å². The Balaban J connectivity index is 1.49. The number of carbonyl (C=O) groups excluding carboxylic acids is 1. The van der Waals surface area contributed by atoms with Gasteiger partial charge in [-0.05, 0) is 44.0 Å². The van der Waals surface area contributed by atoms with Crippen molar-refractivity contribution in [3.05, 3.63) is 29.8 Å². The minimum atomic E-state index is -0.103. The highest BCUT2D eigenvalue weighted by Crippen LogP contribution is 2.25. The smallest absolute Gasteiger partial charge is 0.242 e. The zero-order chi connectivity index (χ0) is 13.9. The van der Waals surface area contributed by atoms with Crippen LogP contribution in [0.3, 0.4) is 0 Å². The fourth-order valence-corrected chi connectivity index (χ4v) is 3.26. The quantitative estimate of drug-likeness (QED) is 0.877. The molecule has 4 heteroatoms. The van der Waals surface area contributed by atoms with Crippen molar-refractivity contribution in [2.24, 2.45) is 5.92 Å². The highest BCUT2D eigenvalue weighted by Gasteiger charge is 2.27. The summed E-state index contributed by atoms with van der Waals surface area (Å²) in [4.78, 5) is 14.6. The summed E-state index contributed by atoms with van der Waals surface area (Å²) in [6.45, 7) is 3.08. The molecule has 2 aliphatic rings. The normalized spacial score (nSPS) is 25.9. The van der Waals surface area contributed by atoms with E-state index in [-0.39, 0.29) is 11.9 Å². The first-order chi connectivity index (χ1) is 9.72. The lowest BCUT2D eigenvalue weighted by Crippen LogP contribution is -2.43. The second-order valence-corrected chi connectivity index (χ2v) is 6.07. The average Bonchev–Trinajstić information content (AvgIpc) is 2.89. The van der Waals surface area contributed by atoms with E-state index in [4.69, 9.17) is 0 Å². The van der Waals surface area contributed by atoms with Gasteiger partial charge in [-0.1, -0.05) is 18.2 Å². The lowest BCUT2D eigenvalue weighted by Gasteiger charge is -2.30. The summed E-state index contributed by atoms with van der Waals surface area (Å²) in [5.41, 5.74) is 2.34. The Morgan fingerprint density at radius 1 is 1.45 bits per heavy atom. The van der Waals surface area contributed by atoms with Crippen LogP contribution in [0.15, 0.2) is 24.3 Å². The Kier molecular flexibility index (Phi) is 3.92. The van der Waals surface area contributed by atoms with Crippen LogP contribution in [-0.4, -0.2) is 43.5 Å². The number of nitrogens with one attached hydrogen (secondary N) is 2. The number of para-hydroxylation sites is 1. The predicted molar refractivity (Wildman–Crippen MR) is 80.8 cm³/mol. The molecule has 0 bridgehead atoms. The maximum absolute atomic E-state index is 12.3. The topological polar surface area (TPSA) is 44.4 Å². The van der Waals surface area contributed by atoms with Crippen LogP contribution in [0.4, 0.5) is 5.69 Å². The minimum absolute atomic E-state index is 0.103. The van der Waals surface area contributed by atoms with Gasteiger partial charge in [0.05, 0.1) is 0 Å². The number of hydrogen-bond acceptors (Lipinski definition) is 3. The second kappa shape index (κ2) is 5.83. The van der Waals surface area contributed by atoms with Gasteiger partial charge in [0.1, 0.15) is 6.04 Å². The summed E-state index contributed by atoms with van der Waals surface area (Å²) in [6, 6.07) is 8.06. The van der Waals surface area contributed by atoms with Gasteiger partial charge in [-0.2, -0.15) is 0 Å². The zero-order valence-electron chi connectivity index (χ0n) is 12.1. The number of benzene rings is 1. The summed E-state index contributed by atoms with van der Waals surface area (Å²) in [6.07, 6.45) is 3.26. The van der Waals surface area contributed by atoms with Crippen LogP contribution in [-0.2, 0) is 11.2 Å². The molecule has 0 spiro atoms. The van der Waals surface area contributed by atoms with Crippen LogP contribution >= 0.6 is 0 Å². The minimum Gasteiger partial charge on any atom is -0.373 e. The molecule has 2 N–H and O–H groups in total. The highest BCUT2D eigenvalue weighted by atomic mass is 16.2. The van der Waals surface area contributed by atoms with E-state index >= 15 is 0 Å². The van der Waals surface area contributed by atoms with Gasteiger partial charge >= 0.3 is 0 Å². The fraction of sp³-hybridized carbons (Fsp3) is 0.562. The van der Waals surface area contributed by atoms with E-state index < -0.39 is 0 Å². The van der Waals surface area contributed by atoms with Crippen LogP contribution in [0.2, 0.25) is 0 Å². The first kappa shape index (κ1) is 13.4. The lowest BCUT2D eigenvalue weighted by atomic mass is 9.98. The highest BCUT2D eigenvalue weighted by molar-refractivity contribution is 5.87. The Morgan fingerprint density at radius 2 is 2.30 bits per heavy atom. The molecule has 108 valence electrons. The molecule has 2 aliphatic heterocycles. The van der Waals surface area contributed by atoms with Gasteiger partial charge in [0.2, 0.25) is 5.91 Å². The molecule has 2 atom stereocenters. The van der Waals surface area contributed by atoms with Crippen LogP contribution < -0.4 is 10.6 Å². The van der Waals surface area contributed by atoms with Gasteiger partial charge < -0.3 is 15.5 Å². The number of piperidine rings is 1. The van der Waals surface area contributed by atoms with E-state index in [1.807, 2.05) is 18.2 Å². The Bertz CT molecular complexity index is 463. The summed E-state index contributed by atoms with van der Waals surface area (Å²) in [5, 5.41) is 6.43. The van der Waals surface area contributed by atoms with Crippen molar-refractivity contribution in [2.75, 3.05) is 32.0 Å². The van der Waals surface area contributed by atoms with Crippen molar-refractivity contribution in [1.29, 1.82) is 0 Å². The number of carbonyl (C=O) groups is 1. The monoisotopic (exact) mass is 273 g/mol. The van der Waals surface area contributed by atoms with Crippen LogP contribution in [0.25, 0.3) is 0 Å². The molecule has 1 aromatic carbocycles. The molecule has 2 heterocycles. The van der Waals surface area contributed by atoms with Crippen LogP contribution in [0.5, 0.6) is 0 Å². The van der Waals surface area contributed by atoms with E-state index in [0.29, 0.717) is 5.92 Å². The maximum atomic E-state index is 12.3. The zero-order valence-corrected chi connectivity index (χ0v) is 12.1. The molecule has 4 nitrogen and oxygen atoms in total. The number of amides is 1. The van der Waals surface area contributed by atoms with Crippen molar-refractivity contribution < 1.29 is 4.79 Å². The molecule has 20 heavy (non-hydrogen) atoms. The molecule has 0 aromatic heterocycles. The van der Waals surface area contributed by atoms with E-state index in [9.17, 15) is 4.79 Å². The van der Waals surface area contributed by atoms with Gasteiger partial charge in [-0.15, -0.1) is 0 Å². The summed E-state index contributed by atoms with van der Waals surface area (Å²) >= 11 is 0. The van der Waals surface area contributed by atoms with E-state index in [1.54, 1.807) is 0 Å². The van der Waals surface area contributed by atoms with E-state index in [0.717, 1.165) is 25.2 Å². The third-order valence-electron chi connectivity index (χ3n) is 4.37. The van der Waals surface area contributed by atoms with Gasteiger partial charge in [-0.3, -0.25) is 4.79 Å². The standard InChI is InChI=1S/C16H23N3O/c1-19-8-4-5-12(11-19)10-17-16(20)15-9-13-6-2-3-7-14(13)18-15/h2-3,6-7,12,15,18H,4-5,8-11H2,1H3,(H,17,20)/t12?,15-/m0/s1. The van der Waals surface area contributed by atoms with E-state index in [2.05, 4.69) is 28.6 Å². The molecule has 0 saturated carbocycles. The Labute approximate surface area is 120 Å². The second-order valence-electron chi connectivity index (χ2n) is 6.07. The lowest BCUT2D eigenvalue weighted by molar-refractivity contribution is -0.122. The SMILES string of the molecule is CN1CCCC(CNC(=O)[C@@H]2Cc3ccccc3N2)C1. The van der Waals surface area contributed by atoms with Gasteiger partial charge in [-0.25, -0.2) is 0 Å². The van der Waals surface area contributed by atoms with Gasteiger partial charge in [0.15, 0.2) is 0 Å². The molecule has 1 amide bonds. The molecule has 0 aliphatic carbocycles.